The van der Waals surface area contributed by atoms with Crippen molar-refractivity contribution in [3.05, 3.63) is 82.9 Å². The summed E-state index contributed by atoms with van der Waals surface area (Å²) >= 11 is 0. The molecule has 3 aromatic carbocycles. The van der Waals surface area contributed by atoms with Gasteiger partial charge in [-0.25, -0.2) is 8.42 Å². The third-order valence-corrected chi connectivity index (χ3v) is 5.58. The lowest BCUT2D eigenvalue weighted by molar-refractivity contribution is -0.384. The van der Waals surface area contributed by atoms with E-state index < -0.39 is 20.9 Å². The number of sulfonamides is 1. The number of nitrogens with zero attached hydrogens (tertiary/aromatic N) is 1. The van der Waals surface area contributed by atoms with Crippen LogP contribution in [0, 0.1) is 10.1 Å². The summed E-state index contributed by atoms with van der Waals surface area (Å²) in [5.41, 5.74) is 0.492. The second-order valence-electron chi connectivity index (χ2n) is 6.45. The van der Waals surface area contributed by atoms with Gasteiger partial charge in [-0.2, -0.15) is 0 Å². The molecule has 0 aliphatic heterocycles. The van der Waals surface area contributed by atoms with E-state index in [1.807, 2.05) is 0 Å². The van der Waals surface area contributed by atoms with E-state index in [2.05, 4.69) is 10.0 Å². The molecular weight excluding hydrogens is 438 g/mol. The van der Waals surface area contributed by atoms with Gasteiger partial charge in [-0.15, -0.1) is 0 Å². The van der Waals surface area contributed by atoms with Gasteiger partial charge in [0, 0.05) is 23.5 Å². The van der Waals surface area contributed by atoms with Gasteiger partial charge >= 0.3 is 0 Å². The first-order valence-electron chi connectivity index (χ1n) is 9.21. The Morgan fingerprint density at radius 2 is 1.62 bits per heavy atom. The normalized spacial score (nSPS) is 10.8. The molecule has 0 bridgehead atoms. The number of non-ortho nitro benzene ring substituents is 1. The zero-order valence-electron chi connectivity index (χ0n) is 16.8. The lowest BCUT2D eigenvalue weighted by Gasteiger charge is -2.10. The summed E-state index contributed by atoms with van der Waals surface area (Å²) < 4.78 is 37.9. The summed E-state index contributed by atoms with van der Waals surface area (Å²) in [7, 11) is -2.30. The monoisotopic (exact) mass is 457 g/mol. The van der Waals surface area contributed by atoms with E-state index in [1.165, 1.54) is 55.6 Å². The molecule has 0 saturated carbocycles. The van der Waals surface area contributed by atoms with Crippen LogP contribution in [0.25, 0.3) is 0 Å². The van der Waals surface area contributed by atoms with Crippen molar-refractivity contribution >= 4 is 33.0 Å². The molecule has 1 amide bonds. The molecule has 11 heteroatoms. The van der Waals surface area contributed by atoms with Gasteiger partial charge in [0.05, 0.1) is 16.9 Å². The highest BCUT2D eigenvalue weighted by molar-refractivity contribution is 7.92. The van der Waals surface area contributed by atoms with Crippen molar-refractivity contribution < 1.29 is 27.6 Å². The van der Waals surface area contributed by atoms with E-state index in [1.54, 1.807) is 24.3 Å². The topological polar surface area (TPSA) is 137 Å². The highest BCUT2D eigenvalue weighted by Gasteiger charge is 2.15. The first kappa shape index (κ1) is 22.6. The number of benzene rings is 3. The molecule has 32 heavy (non-hydrogen) atoms. The summed E-state index contributed by atoms with van der Waals surface area (Å²) in [6.45, 7) is -0.362. The van der Waals surface area contributed by atoms with Crippen LogP contribution in [0.2, 0.25) is 0 Å². The highest BCUT2D eigenvalue weighted by Crippen LogP contribution is 2.21. The molecular formula is C21H19N3O7S. The Hall–Kier alpha value is -4.12. The third kappa shape index (κ3) is 5.95. The number of hydrogen-bond acceptors (Lipinski definition) is 7. The Balaban J connectivity index is 1.57. The van der Waals surface area contributed by atoms with E-state index in [0.29, 0.717) is 11.4 Å². The Morgan fingerprint density at radius 1 is 0.969 bits per heavy atom. The number of nitrogens with one attached hydrogen (secondary N) is 2. The molecule has 0 radical (unpaired) electrons. The standard InChI is InChI=1S/C21H19N3O7S/c1-30-18-7-5-15(6-8-18)23-32(28,29)20-11-9-19(10-12-20)31-14-21(25)22-16-3-2-4-17(13-16)24(26)27/h2-13,23H,14H2,1H3,(H,22,25). The molecule has 0 unspecified atom stereocenters. The maximum atomic E-state index is 12.5. The van der Waals surface area contributed by atoms with Gasteiger partial charge in [-0.3, -0.25) is 19.6 Å². The van der Waals surface area contributed by atoms with Crippen molar-refractivity contribution in [2.45, 2.75) is 4.90 Å². The Bertz CT molecular complexity index is 1210. The fourth-order valence-corrected chi connectivity index (χ4v) is 3.69. The number of rotatable bonds is 9. The predicted molar refractivity (Wildman–Crippen MR) is 117 cm³/mol. The quantitative estimate of drug-likeness (QED) is 0.371. The minimum absolute atomic E-state index is 0.0155. The first-order chi connectivity index (χ1) is 15.3. The molecule has 3 rings (SSSR count). The van der Waals surface area contributed by atoms with Crippen molar-refractivity contribution in [1.29, 1.82) is 0 Å². The van der Waals surface area contributed by atoms with Gasteiger partial charge in [-0.05, 0) is 54.6 Å². The molecule has 2 N–H and O–H groups in total. The zero-order chi connectivity index (χ0) is 23.1. The minimum atomic E-state index is -3.81. The van der Waals surface area contributed by atoms with E-state index >= 15 is 0 Å². The Kier molecular flexibility index (Phi) is 6.90. The van der Waals surface area contributed by atoms with Gasteiger partial charge in [0.2, 0.25) is 0 Å². The largest absolute Gasteiger partial charge is 0.497 e. The lowest BCUT2D eigenvalue weighted by atomic mass is 10.3. The molecule has 0 saturated heterocycles. The molecule has 0 aromatic heterocycles. The van der Waals surface area contributed by atoms with Crippen molar-refractivity contribution in [2.24, 2.45) is 0 Å². The number of methoxy groups -OCH3 is 1. The van der Waals surface area contributed by atoms with Gasteiger partial charge in [0.1, 0.15) is 11.5 Å². The number of hydrogen-bond donors (Lipinski definition) is 2. The molecule has 166 valence electrons. The van der Waals surface area contributed by atoms with Crippen LogP contribution in [0.1, 0.15) is 0 Å². The van der Waals surface area contributed by atoms with Gasteiger partial charge < -0.3 is 14.8 Å². The molecule has 0 atom stereocenters. The van der Waals surface area contributed by atoms with E-state index in [9.17, 15) is 23.3 Å². The van der Waals surface area contributed by atoms with Crippen LogP contribution in [0.15, 0.2) is 77.7 Å². The maximum Gasteiger partial charge on any atom is 0.271 e. The fraction of sp³-hybridized carbons (Fsp3) is 0.0952. The average Bonchev–Trinajstić information content (AvgIpc) is 2.78. The second kappa shape index (κ2) is 9.79. The number of anilines is 2. The van der Waals surface area contributed by atoms with E-state index in [-0.39, 0.29) is 28.6 Å². The van der Waals surface area contributed by atoms with Crippen LogP contribution >= 0.6 is 0 Å². The van der Waals surface area contributed by atoms with Gasteiger partial charge in [-0.1, -0.05) is 6.07 Å². The molecule has 0 spiro atoms. The summed E-state index contributed by atoms with van der Waals surface area (Å²) in [6, 6.07) is 17.5. The summed E-state index contributed by atoms with van der Waals surface area (Å²) in [5.74, 6) is 0.356. The van der Waals surface area contributed by atoms with Crippen molar-refractivity contribution in [1.82, 2.24) is 0 Å². The maximum absolute atomic E-state index is 12.5. The van der Waals surface area contributed by atoms with Gasteiger partial charge in [0.25, 0.3) is 21.6 Å². The Morgan fingerprint density at radius 3 is 2.25 bits per heavy atom. The van der Waals surface area contributed by atoms with Crippen LogP contribution in [0.3, 0.4) is 0 Å². The fourth-order valence-electron chi connectivity index (χ4n) is 2.63. The molecule has 0 heterocycles. The molecule has 0 aliphatic rings. The second-order valence-corrected chi connectivity index (χ2v) is 8.13. The van der Waals surface area contributed by atoms with Crippen molar-refractivity contribution in [3.63, 3.8) is 0 Å². The van der Waals surface area contributed by atoms with Gasteiger partial charge in [0.15, 0.2) is 6.61 Å². The molecule has 3 aromatic rings. The van der Waals surface area contributed by atoms with Crippen molar-refractivity contribution in [2.75, 3.05) is 23.8 Å². The zero-order valence-corrected chi connectivity index (χ0v) is 17.7. The number of carbonyl (C=O) groups excluding carboxylic acids is 1. The number of amides is 1. The smallest absolute Gasteiger partial charge is 0.271 e. The van der Waals surface area contributed by atoms with Crippen LogP contribution in [0.5, 0.6) is 11.5 Å². The van der Waals surface area contributed by atoms with Crippen LogP contribution < -0.4 is 19.5 Å². The highest BCUT2D eigenvalue weighted by atomic mass is 32.2. The SMILES string of the molecule is COc1ccc(NS(=O)(=O)c2ccc(OCC(=O)Nc3cccc([N+](=O)[O-])c3)cc2)cc1. The number of carbonyl (C=O) groups is 1. The number of ether oxygens (including phenoxy) is 2. The molecule has 10 nitrogen and oxygen atoms in total. The summed E-state index contributed by atoms with van der Waals surface area (Å²) in [5, 5.41) is 13.3. The summed E-state index contributed by atoms with van der Waals surface area (Å²) in [4.78, 5) is 22.3. The van der Waals surface area contributed by atoms with Crippen LogP contribution in [-0.2, 0) is 14.8 Å². The van der Waals surface area contributed by atoms with E-state index in [4.69, 9.17) is 9.47 Å². The number of nitro groups is 1. The van der Waals surface area contributed by atoms with E-state index in [0.717, 1.165) is 0 Å². The lowest BCUT2D eigenvalue weighted by Crippen LogP contribution is -2.20. The Labute approximate surface area is 184 Å². The molecule has 0 aliphatic carbocycles. The predicted octanol–water partition coefficient (Wildman–Crippen LogP) is 3.42. The third-order valence-electron chi connectivity index (χ3n) is 4.19. The van der Waals surface area contributed by atoms with Crippen LogP contribution in [-0.4, -0.2) is 33.0 Å². The minimum Gasteiger partial charge on any atom is -0.497 e. The van der Waals surface area contributed by atoms with Crippen LogP contribution in [0.4, 0.5) is 17.1 Å². The average molecular weight is 457 g/mol. The molecule has 0 fully saturated rings. The first-order valence-corrected chi connectivity index (χ1v) is 10.7. The number of nitro benzene ring substituents is 1. The summed E-state index contributed by atoms with van der Waals surface area (Å²) in [6.07, 6.45) is 0. The van der Waals surface area contributed by atoms with Crippen molar-refractivity contribution in [3.8, 4) is 11.5 Å².